The zero-order valence-electron chi connectivity index (χ0n) is 17.0. The van der Waals surface area contributed by atoms with E-state index in [-0.39, 0.29) is 5.91 Å². The van der Waals surface area contributed by atoms with Gasteiger partial charge in [0.15, 0.2) is 0 Å². The monoisotopic (exact) mass is 413 g/mol. The topological polar surface area (TPSA) is 77.8 Å². The number of aryl methyl sites for hydroxylation is 2. The number of benzene rings is 1. The van der Waals surface area contributed by atoms with E-state index in [4.69, 9.17) is 13.9 Å². The minimum Gasteiger partial charge on any atom is -0.493 e. The molecular formula is C22H23NO5S. The van der Waals surface area contributed by atoms with Crippen LogP contribution in [0, 0.1) is 13.8 Å². The molecule has 0 bridgehead atoms. The molecule has 1 aromatic carbocycles. The fourth-order valence-corrected chi connectivity index (χ4v) is 3.93. The molecule has 1 amide bonds. The van der Waals surface area contributed by atoms with Crippen molar-refractivity contribution in [2.24, 2.45) is 0 Å². The fraction of sp³-hybridized carbons (Fsp3) is 0.273. The first-order valence-electron chi connectivity index (χ1n) is 9.17. The molecule has 0 aliphatic carbocycles. The lowest BCUT2D eigenvalue weighted by Crippen LogP contribution is -2.11. The molecule has 7 heteroatoms. The molecule has 0 aliphatic heterocycles. The second kappa shape index (κ2) is 8.53. The molecule has 3 rings (SSSR count). The number of esters is 1. The van der Waals surface area contributed by atoms with E-state index in [2.05, 4.69) is 5.32 Å². The van der Waals surface area contributed by atoms with Crippen LogP contribution in [0.25, 0.3) is 16.5 Å². The van der Waals surface area contributed by atoms with Crippen LogP contribution in [0.5, 0.6) is 5.75 Å². The van der Waals surface area contributed by atoms with Gasteiger partial charge in [-0.25, -0.2) is 4.79 Å². The van der Waals surface area contributed by atoms with E-state index in [9.17, 15) is 9.59 Å². The third-order valence-electron chi connectivity index (χ3n) is 4.59. The van der Waals surface area contributed by atoms with Crippen molar-refractivity contribution in [3.05, 3.63) is 51.4 Å². The summed E-state index contributed by atoms with van der Waals surface area (Å²) in [4.78, 5) is 24.8. The van der Waals surface area contributed by atoms with E-state index in [0.717, 1.165) is 33.2 Å². The summed E-state index contributed by atoms with van der Waals surface area (Å²) < 4.78 is 16.3. The minimum atomic E-state index is -0.480. The van der Waals surface area contributed by atoms with Gasteiger partial charge in [-0.1, -0.05) is 0 Å². The molecule has 1 N–H and O–H groups in total. The summed E-state index contributed by atoms with van der Waals surface area (Å²) in [5, 5.41) is 5.46. The molecule has 0 spiro atoms. The van der Waals surface area contributed by atoms with E-state index in [1.54, 1.807) is 17.7 Å². The van der Waals surface area contributed by atoms with Gasteiger partial charge in [-0.2, -0.15) is 0 Å². The van der Waals surface area contributed by atoms with Gasteiger partial charge in [-0.15, -0.1) is 11.3 Å². The first-order chi connectivity index (χ1) is 13.9. The number of thiophene rings is 1. The number of carbonyl (C=O) groups is 2. The van der Waals surface area contributed by atoms with Crippen molar-refractivity contribution in [1.82, 2.24) is 0 Å². The van der Waals surface area contributed by atoms with Crippen molar-refractivity contribution in [2.45, 2.75) is 27.7 Å². The van der Waals surface area contributed by atoms with Gasteiger partial charge in [-0.3, -0.25) is 4.79 Å². The van der Waals surface area contributed by atoms with Gasteiger partial charge in [0, 0.05) is 22.6 Å². The van der Waals surface area contributed by atoms with E-state index in [1.165, 1.54) is 24.5 Å². The first-order valence-corrected chi connectivity index (χ1v) is 10.0. The summed E-state index contributed by atoms with van der Waals surface area (Å²) in [6.07, 6.45) is 3.21. The van der Waals surface area contributed by atoms with E-state index in [0.29, 0.717) is 22.9 Å². The normalized spacial score (nSPS) is 11.6. The number of ether oxygens (including phenoxy) is 2. The quantitative estimate of drug-likeness (QED) is 0.436. The zero-order valence-corrected chi connectivity index (χ0v) is 17.9. The lowest BCUT2D eigenvalue weighted by atomic mass is 9.98. The van der Waals surface area contributed by atoms with Crippen LogP contribution in [0.4, 0.5) is 5.69 Å². The maximum atomic E-state index is 12.6. The maximum Gasteiger partial charge on any atom is 0.350 e. The smallest absolute Gasteiger partial charge is 0.350 e. The summed E-state index contributed by atoms with van der Waals surface area (Å²) in [5.41, 5.74) is 4.70. The number of hydrogen-bond donors (Lipinski definition) is 1. The Labute approximate surface area is 173 Å². The van der Waals surface area contributed by atoms with Crippen molar-refractivity contribution in [2.75, 3.05) is 19.0 Å². The third-order valence-corrected chi connectivity index (χ3v) is 5.49. The average Bonchev–Trinajstić information content (AvgIpc) is 3.30. The molecule has 2 aromatic heterocycles. The van der Waals surface area contributed by atoms with Crippen LogP contribution < -0.4 is 10.1 Å². The van der Waals surface area contributed by atoms with Crippen LogP contribution in [-0.4, -0.2) is 25.6 Å². The summed E-state index contributed by atoms with van der Waals surface area (Å²) >= 11 is 1.21. The standard InChI is InChI=1S/C22H23NO5S/c1-6-27-19-14(4)20-16(13(3)11-28-20)10-15(19)12(2)9-18(24)23-17-7-8-29-21(17)22(25)26-5/h7-11H,6H2,1-5H3,(H,23,24)/b12-9+. The molecule has 2 heterocycles. The van der Waals surface area contributed by atoms with Crippen molar-refractivity contribution in [3.8, 4) is 5.75 Å². The predicted octanol–water partition coefficient (Wildman–Crippen LogP) is 5.34. The molecule has 3 aromatic rings. The highest BCUT2D eigenvalue weighted by atomic mass is 32.1. The number of amides is 1. The summed E-state index contributed by atoms with van der Waals surface area (Å²) in [5.74, 6) is -0.122. The molecular weight excluding hydrogens is 390 g/mol. The van der Waals surface area contributed by atoms with Crippen molar-refractivity contribution < 1.29 is 23.5 Å². The molecule has 0 fully saturated rings. The van der Waals surface area contributed by atoms with Crippen molar-refractivity contribution in [3.63, 3.8) is 0 Å². The molecule has 29 heavy (non-hydrogen) atoms. The van der Waals surface area contributed by atoms with E-state index < -0.39 is 5.97 Å². The van der Waals surface area contributed by atoms with E-state index >= 15 is 0 Å². The highest BCUT2D eigenvalue weighted by molar-refractivity contribution is 7.12. The number of furan rings is 1. The SMILES string of the molecule is CCOc1c(/C(C)=C/C(=O)Nc2ccsc2C(=O)OC)cc2c(C)coc2c1C. The largest absolute Gasteiger partial charge is 0.493 e. The molecule has 0 saturated heterocycles. The zero-order chi connectivity index (χ0) is 21.1. The van der Waals surface area contributed by atoms with Gasteiger partial charge in [0.05, 0.1) is 25.7 Å². The van der Waals surface area contributed by atoms with Crippen LogP contribution in [0.2, 0.25) is 0 Å². The van der Waals surface area contributed by atoms with Crippen LogP contribution in [0.3, 0.4) is 0 Å². The number of rotatable bonds is 6. The first kappa shape index (κ1) is 20.7. The third kappa shape index (κ3) is 4.05. The molecule has 152 valence electrons. The van der Waals surface area contributed by atoms with Crippen LogP contribution >= 0.6 is 11.3 Å². The van der Waals surface area contributed by atoms with Crippen molar-refractivity contribution >= 4 is 45.4 Å². The molecule has 0 atom stereocenters. The lowest BCUT2D eigenvalue weighted by molar-refractivity contribution is -0.111. The minimum absolute atomic E-state index is 0.338. The van der Waals surface area contributed by atoms with Crippen LogP contribution in [0.15, 0.2) is 34.3 Å². The second-order valence-corrected chi connectivity index (χ2v) is 7.49. The average molecular weight is 413 g/mol. The Morgan fingerprint density at radius 2 is 2.07 bits per heavy atom. The molecule has 6 nitrogen and oxygen atoms in total. The Balaban J connectivity index is 1.97. The van der Waals surface area contributed by atoms with Gasteiger partial charge >= 0.3 is 5.97 Å². The van der Waals surface area contributed by atoms with E-state index in [1.807, 2.05) is 33.8 Å². The summed E-state index contributed by atoms with van der Waals surface area (Å²) in [6.45, 7) is 8.19. The summed E-state index contributed by atoms with van der Waals surface area (Å²) in [7, 11) is 1.31. The molecule has 0 radical (unpaired) electrons. The molecule has 0 saturated carbocycles. The van der Waals surface area contributed by atoms with Gasteiger partial charge in [-0.05, 0) is 56.3 Å². The van der Waals surface area contributed by atoms with Crippen molar-refractivity contribution in [1.29, 1.82) is 0 Å². The Hall–Kier alpha value is -3.06. The van der Waals surface area contributed by atoms with Gasteiger partial charge in [0.1, 0.15) is 16.2 Å². The van der Waals surface area contributed by atoms with Gasteiger partial charge in [0.25, 0.3) is 0 Å². The van der Waals surface area contributed by atoms with Crippen LogP contribution in [0.1, 0.15) is 40.2 Å². The lowest BCUT2D eigenvalue weighted by Gasteiger charge is -2.14. The molecule has 0 unspecified atom stereocenters. The molecule has 0 aliphatic rings. The number of hydrogen-bond acceptors (Lipinski definition) is 6. The Bertz CT molecular complexity index is 1110. The number of fused-ring (bicyclic) bond motifs is 1. The Morgan fingerprint density at radius 1 is 1.31 bits per heavy atom. The van der Waals surface area contributed by atoms with Gasteiger partial charge < -0.3 is 19.2 Å². The second-order valence-electron chi connectivity index (χ2n) is 6.58. The highest BCUT2D eigenvalue weighted by Gasteiger charge is 2.18. The number of carbonyl (C=O) groups excluding carboxylic acids is 2. The Morgan fingerprint density at radius 3 is 2.76 bits per heavy atom. The number of anilines is 1. The number of nitrogens with one attached hydrogen (secondary N) is 1. The Kier molecular flexibility index (Phi) is 6.08. The summed E-state index contributed by atoms with van der Waals surface area (Å²) in [6, 6.07) is 3.66. The predicted molar refractivity (Wildman–Crippen MR) is 115 cm³/mol. The number of methoxy groups -OCH3 is 1. The van der Waals surface area contributed by atoms with Crippen LogP contribution in [-0.2, 0) is 9.53 Å². The number of allylic oxidation sites excluding steroid dienone is 1. The highest BCUT2D eigenvalue weighted by Crippen LogP contribution is 2.37. The maximum absolute atomic E-state index is 12.6. The van der Waals surface area contributed by atoms with Gasteiger partial charge in [0.2, 0.25) is 5.91 Å². The fourth-order valence-electron chi connectivity index (χ4n) is 3.16.